The highest BCUT2D eigenvalue weighted by Gasteiger charge is 2.33. The number of morpholine rings is 1. The molecule has 2 aliphatic rings. The van der Waals surface area contributed by atoms with Gasteiger partial charge in [0.1, 0.15) is 11.6 Å². The number of anilines is 2. The van der Waals surface area contributed by atoms with Crippen LogP contribution in [-0.4, -0.2) is 54.0 Å². The van der Waals surface area contributed by atoms with E-state index in [1.54, 1.807) is 18.3 Å². The van der Waals surface area contributed by atoms with Crippen LogP contribution in [0.2, 0.25) is 0 Å². The highest BCUT2D eigenvalue weighted by atomic mass is 19.1. The molecule has 2 saturated heterocycles. The summed E-state index contributed by atoms with van der Waals surface area (Å²) in [6.07, 6.45) is 1.92. The Morgan fingerprint density at radius 2 is 1.88 bits per heavy atom. The Kier molecular flexibility index (Phi) is 4.50. The van der Waals surface area contributed by atoms with Crippen molar-refractivity contribution in [3.8, 4) is 0 Å². The van der Waals surface area contributed by atoms with Crippen LogP contribution >= 0.6 is 0 Å². The van der Waals surface area contributed by atoms with Crippen molar-refractivity contribution in [2.24, 2.45) is 0 Å². The molecule has 6 nitrogen and oxygen atoms in total. The molecule has 3 heterocycles. The van der Waals surface area contributed by atoms with Crippen LogP contribution in [0.1, 0.15) is 18.0 Å². The van der Waals surface area contributed by atoms with Crippen molar-refractivity contribution in [1.29, 1.82) is 0 Å². The van der Waals surface area contributed by atoms with E-state index in [-0.39, 0.29) is 11.9 Å². The molecule has 7 heteroatoms. The van der Waals surface area contributed by atoms with Gasteiger partial charge in [-0.05, 0) is 30.2 Å². The average molecular weight is 344 g/mol. The van der Waals surface area contributed by atoms with Gasteiger partial charge in [0.2, 0.25) is 5.95 Å². The van der Waals surface area contributed by atoms with Gasteiger partial charge in [0.15, 0.2) is 0 Å². The van der Waals surface area contributed by atoms with Crippen molar-refractivity contribution in [1.82, 2.24) is 9.97 Å². The van der Waals surface area contributed by atoms with Crippen LogP contribution in [0.4, 0.5) is 16.2 Å². The van der Waals surface area contributed by atoms with Crippen LogP contribution in [0.5, 0.6) is 0 Å². The summed E-state index contributed by atoms with van der Waals surface area (Å²) in [5.41, 5.74) is 0.976. The maximum atomic E-state index is 13.2. The molecule has 1 N–H and O–H groups in total. The third-order valence-corrected chi connectivity index (χ3v) is 4.75. The second-order valence-corrected chi connectivity index (χ2v) is 6.42. The molecule has 132 valence electrons. The summed E-state index contributed by atoms with van der Waals surface area (Å²) in [5, 5.41) is 10.2. The molecule has 0 amide bonds. The minimum Gasteiger partial charge on any atom is -0.391 e. The Hall–Kier alpha value is -2.25. The lowest BCUT2D eigenvalue weighted by Gasteiger charge is -2.29. The number of halogens is 1. The van der Waals surface area contributed by atoms with E-state index in [2.05, 4.69) is 14.8 Å². The van der Waals surface area contributed by atoms with E-state index >= 15 is 0 Å². The highest BCUT2D eigenvalue weighted by molar-refractivity contribution is 5.48. The Balaban J connectivity index is 1.61. The number of hydrogen-bond donors (Lipinski definition) is 1. The number of aliphatic hydroxyl groups is 1. The van der Waals surface area contributed by atoms with Gasteiger partial charge in [-0.3, -0.25) is 0 Å². The molecule has 25 heavy (non-hydrogen) atoms. The van der Waals surface area contributed by atoms with Crippen molar-refractivity contribution in [2.75, 3.05) is 42.6 Å². The molecule has 2 aliphatic heterocycles. The molecule has 0 saturated carbocycles. The summed E-state index contributed by atoms with van der Waals surface area (Å²) in [6.45, 7) is 3.39. The summed E-state index contributed by atoms with van der Waals surface area (Å²) in [4.78, 5) is 13.3. The van der Waals surface area contributed by atoms with E-state index in [0.717, 1.165) is 24.5 Å². The first-order chi connectivity index (χ1) is 12.2. The first-order valence-electron chi connectivity index (χ1n) is 8.56. The fraction of sp³-hybridized carbons (Fsp3) is 0.444. The van der Waals surface area contributed by atoms with Gasteiger partial charge in [0.25, 0.3) is 0 Å². The first kappa shape index (κ1) is 16.2. The number of β-amino-alcohol motifs (C(OH)–C–C–N with tert-alkyl or cyclic N) is 1. The topological polar surface area (TPSA) is 61.7 Å². The predicted octanol–water partition coefficient (Wildman–Crippen LogP) is 1.76. The third-order valence-electron chi connectivity index (χ3n) is 4.75. The molecule has 0 bridgehead atoms. The van der Waals surface area contributed by atoms with Gasteiger partial charge in [-0.2, -0.15) is 4.98 Å². The summed E-state index contributed by atoms with van der Waals surface area (Å²) in [5.74, 6) is 1.20. The van der Waals surface area contributed by atoms with Crippen molar-refractivity contribution in [2.45, 2.75) is 18.6 Å². The average Bonchev–Trinajstić information content (AvgIpc) is 3.05. The number of nitrogens with zero attached hydrogens (tertiary/aromatic N) is 4. The van der Waals surface area contributed by atoms with Crippen LogP contribution in [0.15, 0.2) is 36.5 Å². The second kappa shape index (κ2) is 6.93. The van der Waals surface area contributed by atoms with Gasteiger partial charge >= 0.3 is 0 Å². The largest absolute Gasteiger partial charge is 0.391 e. The molecule has 2 fully saturated rings. The van der Waals surface area contributed by atoms with Gasteiger partial charge in [0.05, 0.1) is 25.4 Å². The third kappa shape index (κ3) is 3.43. The summed E-state index contributed by atoms with van der Waals surface area (Å²) in [7, 11) is 0. The van der Waals surface area contributed by atoms with Gasteiger partial charge in [-0.25, -0.2) is 9.37 Å². The minimum absolute atomic E-state index is 0.0250. The van der Waals surface area contributed by atoms with Crippen molar-refractivity contribution < 1.29 is 14.2 Å². The van der Waals surface area contributed by atoms with E-state index in [0.29, 0.717) is 32.1 Å². The minimum atomic E-state index is -0.433. The van der Waals surface area contributed by atoms with E-state index < -0.39 is 6.10 Å². The molecule has 1 aromatic heterocycles. The molecule has 2 unspecified atom stereocenters. The number of ether oxygens (including phenoxy) is 1. The van der Waals surface area contributed by atoms with Crippen molar-refractivity contribution in [3.63, 3.8) is 0 Å². The zero-order valence-corrected chi connectivity index (χ0v) is 13.9. The Bertz CT molecular complexity index is 721. The summed E-state index contributed by atoms with van der Waals surface area (Å²) >= 11 is 0. The van der Waals surface area contributed by atoms with E-state index in [1.807, 2.05) is 6.07 Å². The molecule has 2 aromatic rings. The van der Waals surface area contributed by atoms with Crippen molar-refractivity contribution in [3.05, 3.63) is 47.9 Å². The Morgan fingerprint density at radius 1 is 1.12 bits per heavy atom. The first-order valence-corrected chi connectivity index (χ1v) is 8.56. The normalized spacial score (nSPS) is 23.9. The lowest BCUT2D eigenvalue weighted by Crippen LogP contribution is -2.37. The van der Waals surface area contributed by atoms with Crippen LogP contribution in [0.3, 0.4) is 0 Å². The van der Waals surface area contributed by atoms with Crippen LogP contribution in [0, 0.1) is 5.82 Å². The van der Waals surface area contributed by atoms with E-state index in [1.165, 1.54) is 12.1 Å². The lowest BCUT2D eigenvalue weighted by molar-refractivity contribution is 0.122. The smallest absolute Gasteiger partial charge is 0.227 e. The number of rotatable bonds is 3. The second-order valence-electron chi connectivity index (χ2n) is 6.42. The van der Waals surface area contributed by atoms with Crippen LogP contribution < -0.4 is 9.80 Å². The highest BCUT2D eigenvalue weighted by Crippen LogP contribution is 2.35. The zero-order chi connectivity index (χ0) is 17.2. The van der Waals surface area contributed by atoms with E-state index in [4.69, 9.17) is 9.72 Å². The van der Waals surface area contributed by atoms with E-state index in [9.17, 15) is 9.50 Å². The van der Waals surface area contributed by atoms with Gasteiger partial charge in [0, 0.05) is 25.8 Å². The molecular weight excluding hydrogens is 323 g/mol. The van der Waals surface area contributed by atoms with Crippen LogP contribution in [0.25, 0.3) is 0 Å². The maximum absolute atomic E-state index is 13.2. The standard InChI is InChI=1S/C18H21FN4O2/c19-14-3-1-13(2-4-14)16-11-15(24)12-23(16)17-5-6-20-18(21-17)22-7-9-25-10-8-22/h1-6,15-16,24H,7-12H2. The molecule has 2 atom stereocenters. The molecule has 1 aromatic carbocycles. The molecule has 0 radical (unpaired) electrons. The summed E-state index contributed by atoms with van der Waals surface area (Å²) < 4.78 is 18.6. The molecular formula is C18H21FN4O2. The van der Waals surface area contributed by atoms with Crippen LogP contribution in [-0.2, 0) is 4.74 Å². The molecule has 0 spiro atoms. The summed E-state index contributed by atoms with van der Waals surface area (Å²) in [6, 6.07) is 8.29. The number of aliphatic hydroxyl groups excluding tert-OH is 1. The monoisotopic (exact) mass is 344 g/mol. The predicted molar refractivity (Wildman–Crippen MR) is 92.2 cm³/mol. The number of aromatic nitrogens is 2. The quantitative estimate of drug-likeness (QED) is 0.916. The molecule has 0 aliphatic carbocycles. The maximum Gasteiger partial charge on any atom is 0.227 e. The lowest BCUT2D eigenvalue weighted by atomic mass is 10.0. The number of benzene rings is 1. The fourth-order valence-electron chi connectivity index (χ4n) is 3.48. The van der Waals surface area contributed by atoms with Crippen molar-refractivity contribution >= 4 is 11.8 Å². The SMILES string of the molecule is OC1CC(c2ccc(F)cc2)N(c2ccnc(N3CCOCC3)n2)C1. The fourth-order valence-corrected chi connectivity index (χ4v) is 3.48. The van der Waals surface area contributed by atoms with Gasteiger partial charge in [-0.15, -0.1) is 0 Å². The van der Waals surface area contributed by atoms with Gasteiger partial charge in [-0.1, -0.05) is 12.1 Å². The number of hydrogen-bond acceptors (Lipinski definition) is 6. The van der Waals surface area contributed by atoms with Gasteiger partial charge < -0.3 is 19.6 Å². The zero-order valence-electron chi connectivity index (χ0n) is 13.9. The molecule has 4 rings (SSSR count). The Morgan fingerprint density at radius 3 is 2.64 bits per heavy atom. The Labute approximate surface area is 145 Å².